The molecule has 5 heteroatoms. The first-order chi connectivity index (χ1) is 11.7. The van der Waals surface area contributed by atoms with Crippen molar-refractivity contribution in [3.8, 4) is 5.75 Å². The van der Waals surface area contributed by atoms with Crippen LogP contribution in [0.2, 0.25) is 5.02 Å². The lowest BCUT2D eigenvalue weighted by molar-refractivity contribution is -0.114. The van der Waals surface area contributed by atoms with Crippen LogP contribution in [0.5, 0.6) is 5.75 Å². The summed E-state index contributed by atoms with van der Waals surface area (Å²) < 4.78 is 5.23. The molecule has 0 aliphatic carbocycles. The maximum absolute atomic E-state index is 12.2. The summed E-state index contributed by atoms with van der Waals surface area (Å²) in [5, 5.41) is 8.72. The highest BCUT2D eigenvalue weighted by atomic mass is 35.5. The monoisotopic (exact) mass is 340 g/mol. The van der Waals surface area contributed by atoms with Crippen LogP contribution in [0.25, 0.3) is 10.8 Å². The largest absolute Gasteiger partial charge is 0.495 e. The number of nitrogens with one attached hydrogen (secondary N) is 2. The van der Waals surface area contributed by atoms with Gasteiger partial charge in [-0.3, -0.25) is 4.79 Å². The van der Waals surface area contributed by atoms with Crippen LogP contribution in [0.15, 0.2) is 60.7 Å². The zero-order valence-electron chi connectivity index (χ0n) is 13.2. The van der Waals surface area contributed by atoms with E-state index in [2.05, 4.69) is 10.6 Å². The lowest BCUT2D eigenvalue weighted by Crippen LogP contribution is -2.22. The number of rotatable bonds is 5. The van der Waals surface area contributed by atoms with Crippen LogP contribution in [0.1, 0.15) is 0 Å². The number of benzene rings is 3. The number of carbonyl (C=O) groups excluding carboxylic acids is 1. The average Bonchev–Trinajstić information content (AvgIpc) is 2.60. The molecule has 3 rings (SSSR count). The Hall–Kier alpha value is -2.72. The number of halogens is 1. The Bertz CT molecular complexity index is 875. The van der Waals surface area contributed by atoms with Crippen molar-refractivity contribution in [3.05, 3.63) is 65.7 Å². The van der Waals surface area contributed by atoms with Crippen molar-refractivity contribution >= 4 is 39.7 Å². The summed E-state index contributed by atoms with van der Waals surface area (Å²) in [4.78, 5) is 12.2. The van der Waals surface area contributed by atoms with E-state index in [0.29, 0.717) is 16.5 Å². The fourth-order valence-corrected chi connectivity index (χ4v) is 2.70. The number of amides is 1. The van der Waals surface area contributed by atoms with Gasteiger partial charge in [0, 0.05) is 16.1 Å². The summed E-state index contributed by atoms with van der Waals surface area (Å²) >= 11 is 5.97. The molecule has 0 atom stereocenters. The standard InChI is InChI=1S/C19H17ClN2O2/c1-24-18-10-9-14(20)11-17(18)22-19(23)12-21-16-8-4-6-13-5-2-3-7-15(13)16/h2-11,21H,12H2,1H3,(H,22,23). The van der Waals surface area contributed by atoms with Gasteiger partial charge in [0.15, 0.2) is 0 Å². The number of hydrogen-bond donors (Lipinski definition) is 2. The van der Waals surface area contributed by atoms with E-state index in [1.54, 1.807) is 25.3 Å². The van der Waals surface area contributed by atoms with Crippen molar-refractivity contribution < 1.29 is 9.53 Å². The van der Waals surface area contributed by atoms with Crippen molar-refractivity contribution in [2.24, 2.45) is 0 Å². The molecule has 0 saturated carbocycles. The number of carbonyl (C=O) groups is 1. The van der Waals surface area contributed by atoms with E-state index in [-0.39, 0.29) is 12.5 Å². The molecule has 24 heavy (non-hydrogen) atoms. The highest BCUT2D eigenvalue weighted by Crippen LogP contribution is 2.27. The molecule has 0 spiro atoms. The minimum Gasteiger partial charge on any atom is -0.495 e. The van der Waals surface area contributed by atoms with Gasteiger partial charge in [0.05, 0.1) is 19.3 Å². The molecule has 2 N–H and O–H groups in total. The summed E-state index contributed by atoms with van der Waals surface area (Å²) in [6.45, 7) is 0.143. The van der Waals surface area contributed by atoms with Gasteiger partial charge >= 0.3 is 0 Å². The molecule has 0 radical (unpaired) electrons. The van der Waals surface area contributed by atoms with Gasteiger partial charge in [0.1, 0.15) is 5.75 Å². The van der Waals surface area contributed by atoms with Crippen molar-refractivity contribution in [3.63, 3.8) is 0 Å². The van der Waals surface area contributed by atoms with Crippen molar-refractivity contribution in [1.29, 1.82) is 0 Å². The fourth-order valence-electron chi connectivity index (χ4n) is 2.53. The molecular weight excluding hydrogens is 324 g/mol. The molecule has 0 heterocycles. The van der Waals surface area contributed by atoms with E-state index in [1.807, 2.05) is 42.5 Å². The predicted molar refractivity (Wildman–Crippen MR) is 99.1 cm³/mol. The first-order valence-electron chi connectivity index (χ1n) is 7.52. The zero-order chi connectivity index (χ0) is 16.9. The smallest absolute Gasteiger partial charge is 0.243 e. The van der Waals surface area contributed by atoms with Gasteiger partial charge in [0.25, 0.3) is 0 Å². The van der Waals surface area contributed by atoms with Gasteiger partial charge < -0.3 is 15.4 Å². The second-order valence-electron chi connectivity index (χ2n) is 5.27. The first-order valence-corrected chi connectivity index (χ1v) is 7.90. The van der Waals surface area contributed by atoms with Gasteiger partial charge in [-0.2, -0.15) is 0 Å². The average molecular weight is 341 g/mol. The number of methoxy groups -OCH3 is 1. The topological polar surface area (TPSA) is 50.4 Å². The van der Waals surface area contributed by atoms with E-state index in [4.69, 9.17) is 16.3 Å². The lowest BCUT2D eigenvalue weighted by atomic mass is 10.1. The highest BCUT2D eigenvalue weighted by Gasteiger charge is 2.09. The maximum Gasteiger partial charge on any atom is 0.243 e. The van der Waals surface area contributed by atoms with E-state index >= 15 is 0 Å². The molecule has 1 amide bonds. The summed E-state index contributed by atoms with van der Waals surface area (Å²) in [6, 6.07) is 19.1. The van der Waals surface area contributed by atoms with E-state index in [1.165, 1.54) is 0 Å². The molecule has 0 aliphatic heterocycles. The van der Waals surface area contributed by atoms with Gasteiger partial charge in [-0.25, -0.2) is 0 Å². The summed E-state index contributed by atoms with van der Waals surface area (Å²) in [5.74, 6) is 0.390. The number of fused-ring (bicyclic) bond motifs is 1. The fraction of sp³-hybridized carbons (Fsp3) is 0.105. The summed E-state index contributed by atoms with van der Waals surface area (Å²) in [7, 11) is 1.55. The summed E-state index contributed by atoms with van der Waals surface area (Å²) in [6.07, 6.45) is 0. The molecule has 122 valence electrons. The SMILES string of the molecule is COc1ccc(Cl)cc1NC(=O)CNc1cccc2ccccc12. The molecule has 0 aliphatic rings. The normalized spacial score (nSPS) is 10.4. The van der Waals surface area contributed by atoms with E-state index in [0.717, 1.165) is 16.5 Å². The van der Waals surface area contributed by atoms with Gasteiger partial charge in [-0.1, -0.05) is 48.0 Å². The maximum atomic E-state index is 12.2. The van der Waals surface area contributed by atoms with Crippen LogP contribution in [-0.2, 0) is 4.79 Å². The minimum atomic E-state index is -0.177. The molecule has 0 saturated heterocycles. The third-order valence-electron chi connectivity index (χ3n) is 3.66. The van der Waals surface area contributed by atoms with Crippen LogP contribution >= 0.6 is 11.6 Å². The number of hydrogen-bond acceptors (Lipinski definition) is 3. The minimum absolute atomic E-state index is 0.143. The Morgan fingerprint density at radius 1 is 1.04 bits per heavy atom. The zero-order valence-corrected chi connectivity index (χ0v) is 13.9. The number of ether oxygens (including phenoxy) is 1. The first kappa shape index (κ1) is 16.1. The van der Waals surface area contributed by atoms with Crippen LogP contribution < -0.4 is 15.4 Å². The number of anilines is 2. The molecule has 0 unspecified atom stereocenters. The summed E-state index contributed by atoms with van der Waals surface area (Å²) in [5.41, 5.74) is 1.47. The highest BCUT2D eigenvalue weighted by molar-refractivity contribution is 6.31. The van der Waals surface area contributed by atoms with E-state index < -0.39 is 0 Å². The van der Waals surface area contributed by atoms with Crippen LogP contribution in [0.3, 0.4) is 0 Å². The third-order valence-corrected chi connectivity index (χ3v) is 3.90. The van der Waals surface area contributed by atoms with Crippen LogP contribution in [0, 0.1) is 0 Å². The Balaban J connectivity index is 1.71. The molecule has 0 aromatic heterocycles. The van der Waals surface area contributed by atoms with Crippen LogP contribution in [-0.4, -0.2) is 19.6 Å². The Morgan fingerprint density at radius 3 is 2.67 bits per heavy atom. The van der Waals surface area contributed by atoms with Crippen molar-refractivity contribution in [2.75, 3.05) is 24.3 Å². The predicted octanol–water partition coefficient (Wildman–Crippen LogP) is 4.55. The second-order valence-corrected chi connectivity index (χ2v) is 5.71. The Morgan fingerprint density at radius 2 is 1.83 bits per heavy atom. The van der Waals surface area contributed by atoms with Crippen molar-refractivity contribution in [2.45, 2.75) is 0 Å². The van der Waals surface area contributed by atoms with Gasteiger partial charge in [-0.15, -0.1) is 0 Å². The van der Waals surface area contributed by atoms with E-state index in [9.17, 15) is 4.79 Å². The van der Waals surface area contributed by atoms with Gasteiger partial charge in [0.2, 0.25) is 5.91 Å². The quantitative estimate of drug-likeness (QED) is 0.716. The lowest BCUT2D eigenvalue weighted by Gasteiger charge is -2.12. The van der Waals surface area contributed by atoms with Crippen LogP contribution in [0.4, 0.5) is 11.4 Å². The molecule has 4 nitrogen and oxygen atoms in total. The van der Waals surface area contributed by atoms with Gasteiger partial charge in [-0.05, 0) is 29.7 Å². The third kappa shape index (κ3) is 3.60. The Kier molecular flexibility index (Phi) is 4.87. The Labute approximate surface area is 145 Å². The molecule has 3 aromatic rings. The van der Waals surface area contributed by atoms with Crippen molar-refractivity contribution in [1.82, 2.24) is 0 Å². The second kappa shape index (κ2) is 7.23. The molecule has 3 aromatic carbocycles. The molecular formula is C19H17ClN2O2. The molecule has 0 bridgehead atoms. The molecule has 0 fully saturated rings.